The molecule has 0 spiro atoms. The van der Waals surface area contributed by atoms with Crippen molar-refractivity contribution < 1.29 is 9.90 Å². The van der Waals surface area contributed by atoms with E-state index in [0.29, 0.717) is 13.0 Å². The molecule has 1 aromatic rings. The van der Waals surface area contributed by atoms with Crippen LogP contribution in [0, 0.1) is 0 Å². The third-order valence-electron chi connectivity index (χ3n) is 3.09. The summed E-state index contributed by atoms with van der Waals surface area (Å²) in [6.45, 7) is 2.36. The molecule has 2 rings (SSSR count). The molecule has 0 aliphatic carbocycles. The Balaban J connectivity index is 2.18. The lowest BCUT2D eigenvalue weighted by Gasteiger charge is -2.25. The molecule has 1 aliphatic heterocycles. The van der Waals surface area contributed by atoms with Crippen LogP contribution in [-0.4, -0.2) is 39.0 Å². The summed E-state index contributed by atoms with van der Waals surface area (Å²) < 4.78 is 2.45. The average Bonchev–Trinajstić information content (AvgIpc) is 2.87. The van der Waals surface area contributed by atoms with Crippen LogP contribution in [0.5, 0.6) is 0 Å². The van der Waals surface area contributed by atoms with Crippen LogP contribution in [0.15, 0.2) is 4.79 Å². The van der Waals surface area contributed by atoms with Gasteiger partial charge in [0, 0.05) is 12.6 Å². The Labute approximate surface area is 114 Å². The molecule has 2 unspecified atom stereocenters. The van der Waals surface area contributed by atoms with E-state index < -0.39 is 11.7 Å². The second-order valence-electron chi connectivity index (χ2n) is 4.56. The zero-order chi connectivity index (χ0) is 13.3. The van der Waals surface area contributed by atoms with E-state index in [1.165, 1.54) is 0 Å². The van der Waals surface area contributed by atoms with Crippen molar-refractivity contribution in [1.82, 2.24) is 9.27 Å². The summed E-state index contributed by atoms with van der Waals surface area (Å²) in [6, 6.07) is 0.0331. The average molecular weight is 291 g/mol. The number of nitrogens with one attached hydrogen (secondary N) is 1. The first kappa shape index (κ1) is 13.6. The van der Waals surface area contributed by atoms with Crippen molar-refractivity contribution in [2.24, 2.45) is 0 Å². The Hall–Kier alpha value is -0.850. The summed E-state index contributed by atoms with van der Waals surface area (Å²) in [6.07, 6.45) is 1.92. The van der Waals surface area contributed by atoms with E-state index in [0.717, 1.165) is 24.4 Å². The number of aliphatic hydroxyl groups excluding tert-OH is 1. The number of hydrogen-bond acceptors (Lipinski definition) is 4. The maximum atomic E-state index is 12.3. The first-order valence-electron chi connectivity index (χ1n) is 5.86. The van der Waals surface area contributed by atoms with Crippen LogP contribution in [0.1, 0.15) is 35.9 Å². The van der Waals surface area contributed by atoms with Crippen molar-refractivity contribution in [3.8, 4) is 0 Å². The minimum absolute atomic E-state index is 0.0331. The molecule has 1 amide bonds. The van der Waals surface area contributed by atoms with Gasteiger partial charge in [0.25, 0.3) is 11.5 Å². The number of aliphatic hydroxyl groups is 1. The summed E-state index contributed by atoms with van der Waals surface area (Å²) in [5, 5.41) is 9.39. The van der Waals surface area contributed by atoms with Gasteiger partial charge < -0.3 is 10.0 Å². The van der Waals surface area contributed by atoms with Crippen LogP contribution in [-0.2, 0) is 0 Å². The van der Waals surface area contributed by atoms with Gasteiger partial charge in [0.05, 0.1) is 6.10 Å². The predicted molar refractivity (Wildman–Crippen MR) is 70.3 cm³/mol. The van der Waals surface area contributed by atoms with Crippen LogP contribution in [0.2, 0.25) is 5.02 Å². The number of halogens is 1. The number of likely N-dealkylation sites (tertiary alicyclic amines) is 1. The number of carbonyl (C=O) groups excluding carboxylic acids is 1. The smallest absolute Gasteiger partial charge is 0.277 e. The van der Waals surface area contributed by atoms with E-state index >= 15 is 0 Å². The molecule has 5 nitrogen and oxygen atoms in total. The van der Waals surface area contributed by atoms with Crippen LogP contribution >= 0.6 is 23.1 Å². The standard InChI is InChI=1S/C11H15ClN2O3S/c1-6(15)5-7-3-2-4-14(7)11(17)9-8(12)10(16)13-18-9/h6-7,15H,2-5H2,1H3,(H,13,16). The molecule has 1 aromatic heterocycles. The number of aromatic amines is 1. The Bertz CT molecular complexity index is 497. The molecule has 18 heavy (non-hydrogen) atoms. The second-order valence-corrected chi connectivity index (χ2v) is 5.75. The number of aromatic nitrogens is 1. The number of nitrogens with zero attached hydrogens (tertiary/aromatic N) is 1. The SMILES string of the molecule is CC(O)CC1CCCN1C(=O)c1s[nH]c(=O)c1Cl. The van der Waals surface area contributed by atoms with Crippen molar-refractivity contribution in [2.45, 2.75) is 38.3 Å². The third-order valence-corrected chi connectivity index (χ3v) is 4.43. The van der Waals surface area contributed by atoms with Gasteiger partial charge in [-0.05, 0) is 26.2 Å². The molecule has 7 heteroatoms. The summed E-state index contributed by atoms with van der Waals surface area (Å²) >= 11 is 6.77. The fourth-order valence-corrected chi connectivity index (χ4v) is 3.28. The van der Waals surface area contributed by atoms with E-state index in [2.05, 4.69) is 4.37 Å². The van der Waals surface area contributed by atoms with Crippen molar-refractivity contribution in [3.05, 3.63) is 20.3 Å². The van der Waals surface area contributed by atoms with Gasteiger partial charge in [-0.25, -0.2) is 0 Å². The third kappa shape index (κ3) is 2.60. The Morgan fingerprint density at radius 2 is 2.44 bits per heavy atom. The summed E-state index contributed by atoms with van der Waals surface area (Å²) in [5.41, 5.74) is -0.420. The van der Waals surface area contributed by atoms with Crippen LogP contribution in [0.4, 0.5) is 0 Å². The predicted octanol–water partition coefficient (Wildman–Crippen LogP) is 1.47. The largest absolute Gasteiger partial charge is 0.393 e. The number of carbonyl (C=O) groups is 1. The zero-order valence-corrected chi connectivity index (χ0v) is 11.6. The van der Waals surface area contributed by atoms with Gasteiger partial charge in [-0.1, -0.05) is 23.1 Å². The van der Waals surface area contributed by atoms with Gasteiger partial charge in [-0.2, -0.15) is 0 Å². The van der Waals surface area contributed by atoms with E-state index in [1.54, 1.807) is 11.8 Å². The van der Waals surface area contributed by atoms with E-state index in [4.69, 9.17) is 11.6 Å². The van der Waals surface area contributed by atoms with Crippen LogP contribution in [0.3, 0.4) is 0 Å². The second kappa shape index (κ2) is 5.42. The van der Waals surface area contributed by atoms with E-state index in [-0.39, 0.29) is 21.8 Å². The number of H-pyrrole nitrogens is 1. The minimum Gasteiger partial charge on any atom is -0.393 e. The number of rotatable bonds is 3. The molecule has 2 heterocycles. The Morgan fingerprint density at radius 3 is 3.00 bits per heavy atom. The summed E-state index contributed by atoms with van der Waals surface area (Å²) in [7, 11) is 0. The minimum atomic E-state index is -0.441. The lowest BCUT2D eigenvalue weighted by Crippen LogP contribution is -2.37. The normalized spacial score (nSPS) is 21.3. The van der Waals surface area contributed by atoms with E-state index in [1.807, 2.05) is 0 Å². The maximum Gasteiger partial charge on any atom is 0.277 e. The van der Waals surface area contributed by atoms with E-state index in [9.17, 15) is 14.7 Å². The molecule has 2 atom stereocenters. The molecule has 1 saturated heterocycles. The maximum absolute atomic E-state index is 12.3. The van der Waals surface area contributed by atoms with Crippen molar-refractivity contribution in [3.63, 3.8) is 0 Å². The fraction of sp³-hybridized carbons (Fsp3) is 0.636. The first-order chi connectivity index (χ1) is 8.50. The van der Waals surface area contributed by atoms with Crippen molar-refractivity contribution in [1.29, 1.82) is 0 Å². The van der Waals surface area contributed by atoms with Gasteiger partial charge in [0.15, 0.2) is 0 Å². The van der Waals surface area contributed by atoms with Crippen LogP contribution in [0.25, 0.3) is 0 Å². The number of hydrogen-bond donors (Lipinski definition) is 2. The van der Waals surface area contributed by atoms with Gasteiger partial charge in [-0.15, -0.1) is 0 Å². The highest BCUT2D eigenvalue weighted by molar-refractivity contribution is 7.08. The highest BCUT2D eigenvalue weighted by Crippen LogP contribution is 2.26. The van der Waals surface area contributed by atoms with Gasteiger partial charge in [0.2, 0.25) is 0 Å². The monoisotopic (exact) mass is 290 g/mol. The molecule has 1 aliphatic rings. The zero-order valence-electron chi connectivity index (χ0n) is 9.98. The molecule has 100 valence electrons. The molecular weight excluding hydrogens is 276 g/mol. The highest BCUT2D eigenvalue weighted by Gasteiger charge is 2.32. The molecular formula is C11H15ClN2O3S. The van der Waals surface area contributed by atoms with Gasteiger partial charge >= 0.3 is 0 Å². The number of amides is 1. The van der Waals surface area contributed by atoms with Gasteiger partial charge in [0.1, 0.15) is 9.90 Å². The summed E-state index contributed by atoms with van der Waals surface area (Å²) in [5.74, 6) is -0.216. The quantitative estimate of drug-likeness (QED) is 0.885. The lowest BCUT2D eigenvalue weighted by atomic mass is 10.1. The molecule has 0 saturated carbocycles. The lowest BCUT2D eigenvalue weighted by molar-refractivity contribution is 0.0687. The topological polar surface area (TPSA) is 73.4 Å². The van der Waals surface area contributed by atoms with Crippen molar-refractivity contribution >= 4 is 29.0 Å². The fourth-order valence-electron chi connectivity index (χ4n) is 2.30. The van der Waals surface area contributed by atoms with Crippen molar-refractivity contribution in [2.75, 3.05) is 6.54 Å². The molecule has 0 radical (unpaired) electrons. The molecule has 0 aromatic carbocycles. The summed E-state index contributed by atoms with van der Waals surface area (Å²) in [4.78, 5) is 25.5. The Morgan fingerprint density at radius 1 is 1.72 bits per heavy atom. The molecule has 1 fully saturated rings. The molecule has 0 bridgehead atoms. The first-order valence-corrected chi connectivity index (χ1v) is 7.06. The Kier molecular flexibility index (Phi) is 4.09. The van der Waals surface area contributed by atoms with Crippen LogP contribution < -0.4 is 5.56 Å². The van der Waals surface area contributed by atoms with Gasteiger partial charge in [-0.3, -0.25) is 14.0 Å². The highest BCUT2D eigenvalue weighted by atomic mass is 35.5. The molecule has 2 N–H and O–H groups in total.